The van der Waals surface area contributed by atoms with Gasteiger partial charge in [-0.1, -0.05) is 34.1 Å². The summed E-state index contributed by atoms with van der Waals surface area (Å²) in [5.74, 6) is -2.70. The number of hydrogen-bond acceptors (Lipinski definition) is 9. The zero-order valence-electron chi connectivity index (χ0n) is 21.7. The third-order valence-electron chi connectivity index (χ3n) is 7.74. The average Bonchev–Trinajstić information content (AvgIpc) is 3.23. The Kier molecular flexibility index (Phi) is 9.09. The van der Waals surface area contributed by atoms with Crippen molar-refractivity contribution in [3.8, 4) is 0 Å². The van der Waals surface area contributed by atoms with Gasteiger partial charge in [-0.15, -0.1) is 11.3 Å². The number of nitrogens with two attached hydrogens (primary N) is 1. The van der Waals surface area contributed by atoms with Crippen LogP contribution >= 0.6 is 11.3 Å². The lowest BCUT2D eigenvalue weighted by atomic mass is 9.73. The van der Waals surface area contributed by atoms with E-state index < -0.39 is 53.5 Å². The fraction of sp³-hybridized carbons (Fsp3) is 0.731. The monoisotopic (exact) mass is 526 g/mol. The lowest BCUT2D eigenvalue weighted by Crippen LogP contribution is -2.45. The predicted molar refractivity (Wildman–Crippen MR) is 134 cm³/mol. The smallest absolute Gasteiger partial charge is 0.309 e. The van der Waals surface area contributed by atoms with E-state index in [9.17, 15) is 19.8 Å². The number of epoxide rings is 1. The van der Waals surface area contributed by atoms with Crippen molar-refractivity contribution in [1.29, 1.82) is 0 Å². The van der Waals surface area contributed by atoms with E-state index in [0.29, 0.717) is 23.5 Å². The van der Waals surface area contributed by atoms with Crippen LogP contribution in [-0.4, -0.2) is 57.0 Å². The van der Waals surface area contributed by atoms with Crippen LogP contribution in [0.3, 0.4) is 0 Å². The van der Waals surface area contributed by atoms with Crippen molar-refractivity contribution in [2.45, 2.75) is 103 Å². The van der Waals surface area contributed by atoms with E-state index in [1.165, 1.54) is 17.4 Å². The number of fused-ring (bicyclic) bond motifs is 1. The molecular weight excluding hydrogens is 487 g/mol. The van der Waals surface area contributed by atoms with Crippen LogP contribution in [0, 0.1) is 17.3 Å². The van der Waals surface area contributed by atoms with Crippen LogP contribution in [0.1, 0.15) is 77.4 Å². The van der Waals surface area contributed by atoms with Crippen LogP contribution in [0.15, 0.2) is 11.2 Å². The molecule has 2 aliphatic heterocycles. The molecular formula is C26H39FN2O6S. The number of ketones is 1. The molecule has 0 radical (unpaired) electrons. The number of carbonyl (C=O) groups excluding carboxylic acids is 2. The Morgan fingerprint density at radius 1 is 1.31 bits per heavy atom. The molecule has 1 aromatic rings. The fourth-order valence-electron chi connectivity index (χ4n) is 4.90. The Balaban J connectivity index is 1.85. The molecule has 0 bridgehead atoms. The van der Waals surface area contributed by atoms with E-state index in [2.05, 4.69) is 4.98 Å². The van der Waals surface area contributed by atoms with Crippen LogP contribution in [0.25, 0.3) is 6.08 Å². The van der Waals surface area contributed by atoms with Gasteiger partial charge in [-0.2, -0.15) is 0 Å². The molecule has 0 aromatic carbocycles. The van der Waals surface area contributed by atoms with Gasteiger partial charge in [0.05, 0.1) is 41.4 Å². The second-order valence-electron chi connectivity index (χ2n) is 11.0. The lowest BCUT2D eigenvalue weighted by Gasteiger charge is -2.34. The first kappa shape index (κ1) is 28.8. The number of hydrogen-bond donors (Lipinski definition) is 3. The topological polar surface area (TPSA) is 135 Å². The number of ether oxygens (including phenoxy) is 2. The van der Waals surface area contributed by atoms with Crippen LogP contribution in [0.4, 0.5) is 4.39 Å². The normalized spacial score (nSPS) is 36.8. The van der Waals surface area contributed by atoms with Gasteiger partial charge in [0.25, 0.3) is 0 Å². The predicted octanol–water partition coefficient (Wildman–Crippen LogP) is 3.53. The Morgan fingerprint density at radius 2 is 2.00 bits per heavy atom. The summed E-state index contributed by atoms with van der Waals surface area (Å²) in [6.45, 7) is 8.82. The molecule has 4 N–H and O–H groups in total. The Labute approximate surface area is 216 Å². The molecule has 2 saturated heterocycles. The Hall–Kier alpha value is -1.72. The van der Waals surface area contributed by atoms with Gasteiger partial charge in [0.2, 0.25) is 0 Å². The maximum absolute atomic E-state index is 15.3. The Morgan fingerprint density at radius 3 is 2.64 bits per heavy atom. The molecule has 202 valence electrons. The van der Waals surface area contributed by atoms with Crippen molar-refractivity contribution in [2.24, 2.45) is 23.0 Å². The fourth-order valence-corrected chi connectivity index (χ4v) is 5.54. The number of rotatable bonds is 3. The van der Waals surface area contributed by atoms with Crippen molar-refractivity contribution >= 4 is 29.2 Å². The first-order chi connectivity index (χ1) is 16.8. The van der Waals surface area contributed by atoms with Crippen LogP contribution in [0.5, 0.6) is 0 Å². The number of cyclic esters (lactones) is 1. The molecule has 0 saturated carbocycles. The number of thiazole rings is 1. The van der Waals surface area contributed by atoms with Crippen molar-refractivity contribution in [3.63, 3.8) is 0 Å². The van der Waals surface area contributed by atoms with E-state index in [0.717, 1.165) is 6.42 Å². The summed E-state index contributed by atoms with van der Waals surface area (Å²) in [6, 6.07) is 0. The quantitative estimate of drug-likeness (QED) is 0.402. The molecule has 3 heterocycles. The van der Waals surface area contributed by atoms with Crippen molar-refractivity contribution in [3.05, 3.63) is 21.9 Å². The molecule has 8 nitrogen and oxygen atoms in total. The lowest BCUT2D eigenvalue weighted by molar-refractivity contribution is -0.155. The zero-order valence-corrected chi connectivity index (χ0v) is 22.5. The molecule has 3 rings (SSSR count). The second-order valence-corrected chi connectivity index (χ2v) is 11.9. The maximum Gasteiger partial charge on any atom is 0.309 e. The SMILES string of the molecule is C[C@H]1CCC[C@@]2(C)O[C@H]2C[C@@H](/C(F)=C\c2csc(CN)n2)OC(=O)C[C@H](O)C(C)(C)C(=O)[C@H](C)[C@H]1O. The number of Topliss-reactive ketones (excluding diaryl/α,β-unsaturated/α-hetero) is 1. The maximum atomic E-state index is 15.3. The Bertz CT molecular complexity index is 981. The molecule has 36 heavy (non-hydrogen) atoms. The number of esters is 1. The molecule has 10 heteroatoms. The number of halogens is 1. The second kappa shape index (κ2) is 11.3. The number of carbonyl (C=O) groups is 2. The van der Waals surface area contributed by atoms with Crippen LogP contribution in [0.2, 0.25) is 0 Å². The number of aliphatic hydroxyl groups excluding tert-OH is 2. The summed E-state index contributed by atoms with van der Waals surface area (Å²) >= 11 is 1.31. The first-order valence-electron chi connectivity index (χ1n) is 12.6. The number of aliphatic hydroxyl groups is 2. The van der Waals surface area contributed by atoms with Gasteiger partial charge in [-0.25, -0.2) is 9.37 Å². The highest BCUT2D eigenvalue weighted by Gasteiger charge is 2.53. The largest absolute Gasteiger partial charge is 0.455 e. The van der Waals surface area contributed by atoms with E-state index in [1.807, 2.05) is 13.8 Å². The van der Waals surface area contributed by atoms with Gasteiger partial charge in [-0.05, 0) is 31.8 Å². The minimum atomic E-state index is -1.36. The average molecular weight is 527 g/mol. The van der Waals surface area contributed by atoms with Crippen LogP contribution in [-0.2, 0) is 25.6 Å². The molecule has 2 aliphatic rings. The van der Waals surface area contributed by atoms with Gasteiger partial charge in [0, 0.05) is 24.3 Å². The highest BCUT2D eigenvalue weighted by molar-refractivity contribution is 7.09. The summed E-state index contributed by atoms with van der Waals surface area (Å²) in [7, 11) is 0. The zero-order chi connectivity index (χ0) is 26.8. The van der Waals surface area contributed by atoms with Gasteiger partial charge < -0.3 is 25.4 Å². The molecule has 0 unspecified atom stereocenters. The summed E-state index contributed by atoms with van der Waals surface area (Å²) in [5, 5.41) is 23.9. The summed E-state index contributed by atoms with van der Waals surface area (Å²) < 4.78 is 26.7. The first-order valence-corrected chi connectivity index (χ1v) is 13.5. The van der Waals surface area contributed by atoms with Crippen LogP contribution < -0.4 is 5.73 Å². The summed E-state index contributed by atoms with van der Waals surface area (Å²) in [4.78, 5) is 30.2. The third-order valence-corrected chi connectivity index (χ3v) is 8.63. The van der Waals surface area contributed by atoms with Crippen molar-refractivity contribution in [1.82, 2.24) is 4.98 Å². The highest BCUT2D eigenvalue weighted by Crippen LogP contribution is 2.45. The molecule has 0 aliphatic carbocycles. The van der Waals surface area contributed by atoms with E-state index >= 15 is 4.39 Å². The molecule has 2 fully saturated rings. The van der Waals surface area contributed by atoms with E-state index in [-0.39, 0.29) is 30.8 Å². The van der Waals surface area contributed by atoms with Crippen molar-refractivity contribution < 1.29 is 33.7 Å². The minimum Gasteiger partial charge on any atom is -0.455 e. The number of nitrogens with zero attached hydrogens (tertiary/aromatic N) is 1. The number of aromatic nitrogens is 1. The van der Waals surface area contributed by atoms with E-state index in [4.69, 9.17) is 15.2 Å². The van der Waals surface area contributed by atoms with Gasteiger partial charge >= 0.3 is 5.97 Å². The van der Waals surface area contributed by atoms with Gasteiger partial charge in [-0.3, -0.25) is 9.59 Å². The molecule has 1 aromatic heterocycles. The van der Waals surface area contributed by atoms with Gasteiger partial charge in [0.1, 0.15) is 16.6 Å². The molecule has 0 amide bonds. The summed E-state index contributed by atoms with van der Waals surface area (Å²) in [5.41, 5.74) is 4.18. The highest BCUT2D eigenvalue weighted by atomic mass is 32.1. The van der Waals surface area contributed by atoms with Crippen molar-refractivity contribution in [2.75, 3.05) is 0 Å². The molecule has 0 spiro atoms. The summed E-state index contributed by atoms with van der Waals surface area (Å²) in [6.07, 6.45) is -0.776. The van der Waals surface area contributed by atoms with E-state index in [1.54, 1.807) is 26.2 Å². The third kappa shape index (κ3) is 6.58. The molecule has 7 atom stereocenters. The minimum absolute atomic E-state index is 0.117. The standard InChI is InChI=1S/C26H39FN2O6S/c1-14-7-6-8-26(5)20(35-26)10-18(17(27)9-16-13-36-21(12-28)29-16)34-22(31)11-19(30)25(3,4)24(33)15(2)23(14)32/h9,13-15,18-20,23,30,32H,6-8,10-12,28H2,1-5H3/b17-9+/t14-,15+,18-,19-,20-,23-,26+/m0/s1. The van der Waals surface area contributed by atoms with Gasteiger partial charge in [0.15, 0.2) is 6.10 Å².